The minimum Gasteiger partial charge on any atom is -0.378 e. The molecule has 2 heterocycles. The summed E-state index contributed by atoms with van der Waals surface area (Å²) in [6.45, 7) is 0.451. The normalized spacial score (nSPS) is 11.2. The number of para-hydroxylation sites is 1. The molecular weight excluding hydrogens is 330 g/mol. The van der Waals surface area contributed by atoms with Gasteiger partial charge < -0.3 is 10.3 Å². The van der Waals surface area contributed by atoms with Crippen molar-refractivity contribution in [2.24, 2.45) is 0 Å². The Labute approximate surface area is 140 Å². The van der Waals surface area contributed by atoms with Gasteiger partial charge in [0.25, 0.3) is 5.56 Å². The zero-order valence-electron chi connectivity index (χ0n) is 12.0. The van der Waals surface area contributed by atoms with Gasteiger partial charge in [-0.3, -0.25) is 4.79 Å². The lowest BCUT2D eigenvalue weighted by Crippen LogP contribution is -2.13. The number of benzene rings is 2. The molecule has 4 rings (SSSR count). The van der Waals surface area contributed by atoms with Gasteiger partial charge in [-0.05, 0) is 30.3 Å². The van der Waals surface area contributed by atoms with E-state index >= 15 is 0 Å². The molecule has 6 heteroatoms. The Morgan fingerprint density at radius 1 is 1.17 bits per heavy atom. The molecule has 23 heavy (non-hydrogen) atoms. The average Bonchev–Trinajstić information content (AvgIpc) is 2.93. The Kier molecular flexibility index (Phi) is 3.52. The third-order valence-corrected chi connectivity index (χ3v) is 4.96. The van der Waals surface area contributed by atoms with E-state index in [9.17, 15) is 4.79 Å². The lowest BCUT2D eigenvalue weighted by atomic mass is 10.2. The topological polar surface area (TPSA) is 57.8 Å². The number of nitrogens with zero attached hydrogens (tertiary/aromatic N) is 1. The quantitative estimate of drug-likeness (QED) is 0.580. The summed E-state index contributed by atoms with van der Waals surface area (Å²) >= 11 is 7.51. The Hall–Kier alpha value is -2.37. The fraction of sp³-hybridized carbons (Fsp3) is 0.0588. The van der Waals surface area contributed by atoms with Crippen LogP contribution in [0.25, 0.3) is 20.3 Å². The molecule has 0 saturated carbocycles. The molecule has 4 nitrogen and oxygen atoms in total. The van der Waals surface area contributed by atoms with E-state index < -0.39 is 0 Å². The second-order valence-corrected chi connectivity index (χ2v) is 6.64. The van der Waals surface area contributed by atoms with Gasteiger partial charge in [-0.25, -0.2) is 4.98 Å². The summed E-state index contributed by atoms with van der Waals surface area (Å²) < 4.78 is 1.64. The van der Waals surface area contributed by atoms with Crippen molar-refractivity contribution in [1.82, 2.24) is 9.97 Å². The van der Waals surface area contributed by atoms with Crippen molar-refractivity contribution in [1.29, 1.82) is 0 Å². The van der Waals surface area contributed by atoms with E-state index in [0.29, 0.717) is 27.6 Å². The average molecular weight is 342 g/mol. The van der Waals surface area contributed by atoms with Crippen molar-refractivity contribution in [2.45, 2.75) is 6.54 Å². The molecule has 0 spiro atoms. The molecule has 2 aromatic carbocycles. The molecule has 0 saturated heterocycles. The smallest absolute Gasteiger partial charge is 0.268 e. The van der Waals surface area contributed by atoms with Crippen LogP contribution in [0.3, 0.4) is 0 Å². The van der Waals surface area contributed by atoms with Crippen LogP contribution in [0.15, 0.2) is 53.3 Å². The van der Waals surface area contributed by atoms with E-state index in [0.717, 1.165) is 15.8 Å². The highest BCUT2D eigenvalue weighted by atomic mass is 35.5. The molecule has 4 aromatic rings. The number of hydrogen-bond donors (Lipinski definition) is 2. The van der Waals surface area contributed by atoms with E-state index in [1.807, 2.05) is 48.5 Å². The summed E-state index contributed by atoms with van der Waals surface area (Å²) in [6.07, 6.45) is 0. The number of thiophene rings is 1. The number of H-pyrrole nitrogens is 1. The zero-order chi connectivity index (χ0) is 15.8. The van der Waals surface area contributed by atoms with Gasteiger partial charge in [0.15, 0.2) is 0 Å². The van der Waals surface area contributed by atoms with Crippen LogP contribution in [0, 0.1) is 0 Å². The maximum absolute atomic E-state index is 12.3. The zero-order valence-corrected chi connectivity index (χ0v) is 13.5. The van der Waals surface area contributed by atoms with E-state index in [4.69, 9.17) is 11.6 Å². The first-order valence-electron chi connectivity index (χ1n) is 7.10. The van der Waals surface area contributed by atoms with Gasteiger partial charge in [-0.15, -0.1) is 11.3 Å². The van der Waals surface area contributed by atoms with E-state index in [1.54, 1.807) is 0 Å². The second kappa shape index (κ2) is 5.68. The molecule has 0 fully saturated rings. The largest absolute Gasteiger partial charge is 0.378 e. The van der Waals surface area contributed by atoms with Crippen LogP contribution in [-0.4, -0.2) is 9.97 Å². The number of aromatic nitrogens is 2. The Morgan fingerprint density at radius 2 is 2.00 bits per heavy atom. The number of anilines is 1. The summed E-state index contributed by atoms with van der Waals surface area (Å²) in [4.78, 5) is 19.8. The molecule has 0 radical (unpaired) electrons. The maximum Gasteiger partial charge on any atom is 0.268 e. The molecule has 0 aliphatic rings. The fourth-order valence-corrected chi connectivity index (χ4v) is 3.69. The van der Waals surface area contributed by atoms with Crippen molar-refractivity contribution in [3.63, 3.8) is 0 Å². The molecule has 0 atom stereocenters. The van der Waals surface area contributed by atoms with Gasteiger partial charge in [0.2, 0.25) is 0 Å². The predicted octanol–water partition coefficient (Wildman–Crippen LogP) is 4.40. The van der Waals surface area contributed by atoms with Crippen LogP contribution in [0.1, 0.15) is 5.82 Å². The fourth-order valence-electron chi connectivity index (χ4n) is 2.50. The van der Waals surface area contributed by atoms with Crippen LogP contribution in [-0.2, 0) is 6.54 Å². The van der Waals surface area contributed by atoms with Gasteiger partial charge in [0.05, 0.1) is 12.1 Å². The molecule has 0 bridgehead atoms. The van der Waals surface area contributed by atoms with Crippen LogP contribution in [0.4, 0.5) is 5.69 Å². The minimum atomic E-state index is -0.114. The van der Waals surface area contributed by atoms with Crippen molar-refractivity contribution in [3.8, 4) is 0 Å². The molecule has 0 aliphatic heterocycles. The summed E-state index contributed by atoms with van der Waals surface area (Å²) in [5, 5.41) is 4.81. The highest BCUT2D eigenvalue weighted by Crippen LogP contribution is 2.32. The highest BCUT2D eigenvalue weighted by molar-refractivity contribution is 7.25. The Balaban J connectivity index is 1.77. The van der Waals surface area contributed by atoms with Crippen LogP contribution < -0.4 is 10.9 Å². The minimum absolute atomic E-state index is 0.114. The Bertz CT molecular complexity index is 1060. The third kappa shape index (κ3) is 2.69. The summed E-state index contributed by atoms with van der Waals surface area (Å²) in [5.41, 5.74) is 1.58. The molecule has 2 N–H and O–H groups in total. The second-order valence-electron chi connectivity index (χ2n) is 5.15. The highest BCUT2D eigenvalue weighted by Gasteiger charge is 2.11. The number of nitrogens with one attached hydrogen (secondary N) is 2. The first-order chi connectivity index (χ1) is 11.2. The molecule has 114 valence electrons. The van der Waals surface area contributed by atoms with Crippen molar-refractivity contribution in [2.75, 3.05) is 5.32 Å². The molecule has 0 amide bonds. The monoisotopic (exact) mass is 341 g/mol. The van der Waals surface area contributed by atoms with E-state index in [2.05, 4.69) is 15.3 Å². The van der Waals surface area contributed by atoms with Crippen molar-refractivity contribution in [3.05, 3.63) is 69.7 Å². The van der Waals surface area contributed by atoms with Crippen molar-refractivity contribution >= 4 is 48.9 Å². The third-order valence-electron chi connectivity index (χ3n) is 3.57. The SMILES string of the molecule is O=c1[nH]c(CNc2ccccc2)nc2c1sc1ccc(Cl)cc12. The maximum atomic E-state index is 12.3. The molecule has 0 aliphatic carbocycles. The lowest BCUT2D eigenvalue weighted by Gasteiger charge is -2.05. The summed E-state index contributed by atoms with van der Waals surface area (Å²) in [5.74, 6) is 0.603. The first-order valence-corrected chi connectivity index (χ1v) is 8.30. The van der Waals surface area contributed by atoms with E-state index in [-0.39, 0.29) is 5.56 Å². The number of fused-ring (bicyclic) bond motifs is 3. The first kappa shape index (κ1) is 14.2. The predicted molar refractivity (Wildman–Crippen MR) is 96.5 cm³/mol. The standard InChI is InChI=1S/C17H12ClN3OS/c18-10-6-7-13-12(8-10)15-16(23-13)17(22)21-14(20-15)9-19-11-4-2-1-3-5-11/h1-8,19H,9H2,(H,20,21,22). The number of halogens is 1. The number of hydrogen-bond acceptors (Lipinski definition) is 4. The lowest BCUT2D eigenvalue weighted by molar-refractivity contribution is 0.957. The van der Waals surface area contributed by atoms with Crippen molar-refractivity contribution < 1.29 is 0 Å². The molecule has 0 unspecified atom stereocenters. The van der Waals surface area contributed by atoms with Gasteiger partial charge in [-0.2, -0.15) is 0 Å². The van der Waals surface area contributed by atoms with Gasteiger partial charge in [0, 0.05) is 20.8 Å². The van der Waals surface area contributed by atoms with Crippen LogP contribution in [0.2, 0.25) is 5.02 Å². The van der Waals surface area contributed by atoms with Gasteiger partial charge >= 0.3 is 0 Å². The molecular formula is C17H12ClN3OS. The van der Waals surface area contributed by atoms with E-state index in [1.165, 1.54) is 11.3 Å². The molecule has 2 aromatic heterocycles. The Morgan fingerprint density at radius 3 is 2.83 bits per heavy atom. The van der Waals surface area contributed by atoms with Gasteiger partial charge in [0.1, 0.15) is 10.5 Å². The number of aromatic amines is 1. The summed E-state index contributed by atoms with van der Waals surface area (Å²) in [7, 11) is 0. The number of rotatable bonds is 3. The van der Waals surface area contributed by atoms with Gasteiger partial charge in [-0.1, -0.05) is 29.8 Å². The van der Waals surface area contributed by atoms with Crippen LogP contribution >= 0.6 is 22.9 Å². The summed E-state index contributed by atoms with van der Waals surface area (Å²) in [6, 6.07) is 15.4. The van der Waals surface area contributed by atoms with Crippen LogP contribution in [0.5, 0.6) is 0 Å².